The minimum absolute atomic E-state index is 1.09. The van der Waals surface area contributed by atoms with Gasteiger partial charge < -0.3 is 0 Å². The monoisotopic (exact) mass is 206 g/mol. The van der Waals surface area contributed by atoms with E-state index in [1.807, 2.05) is 11.8 Å². The highest BCUT2D eigenvalue weighted by Crippen LogP contribution is 2.16. The number of allylic oxidation sites excluding steroid dienone is 1. The molecule has 1 aromatic carbocycles. The van der Waals surface area contributed by atoms with E-state index in [1.165, 1.54) is 24.2 Å². The Hall–Kier alpha value is -0.690. The van der Waals surface area contributed by atoms with Crippen LogP contribution in [0, 0.1) is 0 Å². The maximum Gasteiger partial charge on any atom is 0.0160 e. The number of rotatable bonds is 6. The van der Waals surface area contributed by atoms with Crippen LogP contribution < -0.4 is 0 Å². The van der Waals surface area contributed by atoms with Crippen molar-refractivity contribution >= 4 is 11.8 Å². The first kappa shape index (κ1) is 11.4. The largest absolute Gasteiger partial charge is 0.122 e. The summed E-state index contributed by atoms with van der Waals surface area (Å²) < 4.78 is 0. The number of unbranched alkanes of at least 4 members (excludes halogenated alkanes) is 2. The van der Waals surface area contributed by atoms with E-state index in [1.54, 1.807) is 0 Å². The highest BCUT2D eigenvalue weighted by atomic mass is 32.2. The van der Waals surface area contributed by atoms with E-state index in [2.05, 4.69) is 49.4 Å². The normalized spacial score (nSPS) is 10.9. The SMILES string of the molecule is CCCCC=CCSc1ccccc1. The summed E-state index contributed by atoms with van der Waals surface area (Å²) in [5.74, 6) is 1.09. The van der Waals surface area contributed by atoms with Crippen molar-refractivity contribution in [1.29, 1.82) is 0 Å². The summed E-state index contributed by atoms with van der Waals surface area (Å²) >= 11 is 1.89. The van der Waals surface area contributed by atoms with E-state index in [0.717, 1.165) is 5.75 Å². The van der Waals surface area contributed by atoms with Crippen LogP contribution in [0.1, 0.15) is 26.2 Å². The summed E-state index contributed by atoms with van der Waals surface area (Å²) in [6.07, 6.45) is 8.39. The van der Waals surface area contributed by atoms with E-state index >= 15 is 0 Å². The molecule has 0 radical (unpaired) electrons. The summed E-state index contributed by atoms with van der Waals surface area (Å²) in [4.78, 5) is 1.35. The van der Waals surface area contributed by atoms with Crippen molar-refractivity contribution < 1.29 is 0 Å². The fourth-order valence-electron chi connectivity index (χ4n) is 1.17. The van der Waals surface area contributed by atoms with Gasteiger partial charge >= 0.3 is 0 Å². The minimum atomic E-state index is 1.09. The van der Waals surface area contributed by atoms with E-state index in [9.17, 15) is 0 Å². The number of benzene rings is 1. The third-order valence-corrected chi connectivity index (χ3v) is 2.95. The molecule has 1 aromatic rings. The van der Waals surface area contributed by atoms with Gasteiger partial charge in [-0.25, -0.2) is 0 Å². The molecule has 0 aliphatic rings. The van der Waals surface area contributed by atoms with Crippen molar-refractivity contribution in [2.75, 3.05) is 5.75 Å². The topological polar surface area (TPSA) is 0 Å². The Bertz CT molecular complexity index is 251. The van der Waals surface area contributed by atoms with Gasteiger partial charge in [0.15, 0.2) is 0 Å². The molecule has 76 valence electrons. The van der Waals surface area contributed by atoms with Crippen LogP contribution >= 0.6 is 11.8 Å². The molecule has 0 atom stereocenters. The quantitative estimate of drug-likeness (QED) is 0.374. The lowest BCUT2D eigenvalue weighted by Gasteiger charge is -1.96. The van der Waals surface area contributed by atoms with Crippen molar-refractivity contribution in [1.82, 2.24) is 0 Å². The van der Waals surface area contributed by atoms with Crippen LogP contribution in [0.5, 0.6) is 0 Å². The predicted molar refractivity (Wildman–Crippen MR) is 65.8 cm³/mol. The number of hydrogen-bond donors (Lipinski definition) is 0. The molecule has 0 saturated carbocycles. The van der Waals surface area contributed by atoms with E-state index in [4.69, 9.17) is 0 Å². The van der Waals surface area contributed by atoms with Gasteiger partial charge in [-0.3, -0.25) is 0 Å². The molecule has 1 rings (SSSR count). The molecular weight excluding hydrogens is 188 g/mol. The first-order valence-corrected chi connectivity index (χ1v) is 6.25. The fourth-order valence-corrected chi connectivity index (χ4v) is 1.94. The van der Waals surface area contributed by atoms with Crippen LogP contribution in [-0.4, -0.2) is 5.75 Å². The lowest BCUT2D eigenvalue weighted by molar-refractivity contribution is 0.814. The van der Waals surface area contributed by atoms with Gasteiger partial charge in [-0.2, -0.15) is 0 Å². The fraction of sp³-hybridized carbons (Fsp3) is 0.385. The van der Waals surface area contributed by atoms with Crippen molar-refractivity contribution in [2.24, 2.45) is 0 Å². The highest BCUT2D eigenvalue weighted by Gasteiger charge is 1.87. The number of hydrogen-bond acceptors (Lipinski definition) is 1. The molecule has 0 amide bonds. The Balaban J connectivity index is 2.12. The van der Waals surface area contributed by atoms with Crippen molar-refractivity contribution in [2.45, 2.75) is 31.1 Å². The first-order valence-electron chi connectivity index (χ1n) is 5.26. The van der Waals surface area contributed by atoms with Crippen LogP contribution in [0.15, 0.2) is 47.4 Å². The smallest absolute Gasteiger partial charge is 0.0160 e. The van der Waals surface area contributed by atoms with E-state index in [0.29, 0.717) is 0 Å². The molecule has 0 unspecified atom stereocenters. The summed E-state index contributed by atoms with van der Waals surface area (Å²) in [5.41, 5.74) is 0. The summed E-state index contributed by atoms with van der Waals surface area (Å²) in [5, 5.41) is 0. The standard InChI is InChI=1S/C13H18S/c1-2-3-4-5-9-12-14-13-10-7-6-8-11-13/h5-11H,2-4,12H2,1H3. The second-order valence-corrected chi connectivity index (χ2v) is 4.33. The Morgan fingerprint density at radius 2 is 1.93 bits per heavy atom. The zero-order valence-electron chi connectivity index (χ0n) is 8.78. The third-order valence-electron chi connectivity index (χ3n) is 1.98. The van der Waals surface area contributed by atoms with E-state index < -0.39 is 0 Å². The summed E-state index contributed by atoms with van der Waals surface area (Å²) in [6.45, 7) is 2.23. The zero-order valence-corrected chi connectivity index (χ0v) is 9.59. The van der Waals surface area contributed by atoms with Crippen LogP contribution in [0.4, 0.5) is 0 Å². The number of thioether (sulfide) groups is 1. The van der Waals surface area contributed by atoms with Crippen LogP contribution in [0.25, 0.3) is 0 Å². The van der Waals surface area contributed by atoms with Gasteiger partial charge in [0.05, 0.1) is 0 Å². The van der Waals surface area contributed by atoms with Gasteiger partial charge in [0.25, 0.3) is 0 Å². The second-order valence-electron chi connectivity index (χ2n) is 3.24. The first-order chi connectivity index (χ1) is 6.93. The Morgan fingerprint density at radius 1 is 1.14 bits per heavy atom. The lowest BCUT2D eigenvalue weighted by Crippen LogP contribution is -1.73. The van der Waals surface area contributed by atoms with Gasteiger partial charge in [0, 0.05) is 10.6 Å². The molecule has 0 aromatic heterocycles. The maximum atomic E-state index is 2.29. The molecule has 0 nitrogen and oxygen atoms in total. The summed E-state index contributed by atoms with van der Waals surface area (Å²) in [7, 11) is 0. The van der Waals surface area contributed by atoms with Gasteiger partial charge in [0.1, 0.15) is 0 Å². The maximum absolute atomic E-state index is 2.29. The Labute approximate surface area is 91.4 Å². The van der Waals surface area contributed by atoms with Gasteiger partial charge in [-0.15, -0.1) is 11.8 Å². The molecule has 0 aliphatic carbocycles. The molecular formula is C13H18S. The van der Waals surface area contributed by atoms with E-state index in [-0.39, 0.29) is 0 Å². The second kappa shape index (κ2) is 7.69. The van der Waals surface area contributed by atoms with Crippen molar-refractivity contribution in [3.63, 3.8) is 0 Å². The van der Waals surface area contributed by atoms with Gasteiger partial charge in [-0.05, 0) is 18.6 Å². The molecule has 0 bridgehead atoms. The van der Waals surface area contributed by atoms with Gasteiger partial charge in [0.2, 0.25) is 0 Å². The molecule has 0 spiro atoms. The predicted octanol–water partition coefficient (Wildman–Crippen LogP) is 4.53. The van der Waals surface area contributed by atoms with Crippen molar-refractivity contribution in [3.8, 4) is 0 Å². The Kier molecular flexibility index (Phi) is 6.25. The van der Waals surface area contributed by atoms with Crippen molar-refractivity contribution in [3.05, 3.63) is 42.5 Å². The lowest BCUT2D eigenvalue weighted by atomic mass is 10.2. The summed E-state index contributed by atoms with van der Waals surface area (Å²) in [6, 6.07) is 10.5. The molecule has 0 fully saturated rings. The molecule has 14 heavy (non-hydrogen) atoms. The molecule has 1 heteroatoms. The molecule has 0 heterocycles. The van der Waals surface area contributed by atoms with Gasteiger partial charge in [-0.1, -0.05) is 50.1 Å². The molecule has 0 saturated heterocycles. The highest BCUT2D eigenvalue weighted by molar-refractivity contribution is 7.99. The Morgan fingerprint density at radius 3 is 2.64 bits per heavy atom. The zero-order chi connectivity index (χ0) is 10.1. The van der Waals surface area contributed by atoms with Crippen LogP contribution in [-0.2, 0) is 0 Å². The third kappa shape index (κ3) is 5.13. The van der Waals surface area contributed by atoms with Crippen LogP contribution in [0.2, 0.25) is 0 Å². The molecule has 0 N–H and O–H groups in total. The molecule has 0 aliphatic heterocycles. The average molecular weight is 206 g/mol. The minimum Gasteiger partial charge on any atom is -0.122 e. The van der Waals surface area contributed by atoms with Crippen LogP contribution in [0.3, 0.4) is 0 Å². The average Bonchev–Trinajstić information content (AvgIpc) is 2.25.